The monoisotopic (exact) mass is 308 g/mol. The maximum absolute atomic E-state index is 12.0. The average Bonchev–Trinajstić information content (AvgIpc) is 3.12. The maximum Gasteiger partial charge on any atom is 0.326 e. The minimum Gasteiger partial charge on any atom is -0.480 e. The fraction of sp³-hybridized carbons (Fsp3) is 0.357. The Morgan fingerprint density at radius 1 is 1.52 bits per heavy atom. The second kappa shape index (κ2) is 7.03. The van der Waals surface area contributed by atoms with Crippen LogP contribution >= 0.6 is 11.3 Å². The summed E-state index contributed by atoms with van der Waals surface area (Å²) in [5.74, 6) is -1.08. The maximum atomic E-state index is 12.0. The van der Waals surface area contributed by atoms with Crippen LogP contribution in [0.5, 0.6) is 0 Å². The smallest absolute Gasteiger partial charge is 0.326 e. The summed E-state index contributed by atoms with van der Waals surface area (Å²) in [6, 6.07) is 4.33. The highest BCUT2D eigenvalue weighted by atomic mass is 32.1. The number of hydrogen-bond acceptors (Lipinski definition) is 5. The Bertz CT molecular complexity index is 606. The van der Waals surface area contributed by atoms with Gasteiger partial charge in [-0.05, 0) is 17.9 Å². The third-order valence-electron chi connectivity index (χ3n) is 2.96. The summed E-state index contributed by atoms with van der Waals surface area (Å²) in [4.78, 5) is 24.0. The zero-order valence-corrected chi connectivity index (χ0v) is 12.4. The van der Waals surface area contributed by atoms with Gasteiger partial charge < -0.3 is 14.9 Å². The van der Waals surface area contributed by atoms with Crippen LogP contribution in [0.4, 0.5) is 0 Å². The van der Waals surface area contributed by atoms with Gasteiger partial charge in [-0.2, -0.15) is 0 Å². The molecule has 21 heavy (non-hydrogen) atoms. The lowest BCUT2D eigenvalue weighted by Gasteiger charge is -2.12. The molecule has 2 aromatic heterocycles. The first kappa shape index (κ1) is 15.2. The van der Waals surface area contributed by atoms with Crippen molar-refractivity contribution in [3.05, 3.63) is 29.3 Å². The molecule has 2 N–H and O–H groups in total. The Hall–Kier alpha value is -2.15. The van der Waals surface area contributed by atoms with Gasteiger partial charge in [-0.15, -0.1) is 11.3 Å². The first-order valence-corrected chi connectivity index (χ1v) is 7.54. The number of unbranched alkanes of at least 4 members (excludes halogenated alkanes) is 1. The zero-order valence-electron chi connectivity index (χ0n) is 11.5. The van der Waals surface area contributed by atoms with Gasteiger partial charge in [0.2, 0.25) is 0 Å². The average molecular weight is 308 g/mol. The van der Waals surface area contributed by atoms with E-state index in [1.54, 1.807) is 0 Å². The van der Waals surface area contributed by atoms with Gasteiger partial charge in [0.15, 0.2) is 11.5 Å². The molecule has 1 unspecified atom stereocenters. The van der Waals surface area contributed by atoms with Gasteiger partial charge in [0.05, 0.1) is 4.88 Å². The summed E-state index contributed by atoms with van der Waals surface area (Å²) in [5, 5.41) is 17.1. The van der Waals surface area contributed by atoms with Crippen molar-refractivity contribution in [3.8, 4) is 10.6 Å². The molecule has 0 saturated carbocycles. The number of thiophene rings is 1. The Morgan fingerprint density at radius 2 is 2.33 bits per heavy atom. The quantitative estimate of drug-likeness (QED) is 0.820. The molecule has 7 heteroatoms. The van der Waals surface area contributed by atoms with Crippen LogP contribution in [0.25, 0.3) is 10.6 Å². The van der Waals surface area contributed by atoms with E-state index in [2.05, 4.69) is 10.5 Å². The summed E-state index contributed by atoms with van der Waals surface area (Å²) in [7, 11) is 0. The standard InChI is InChI=1S/C14H16N2O4S/c1-2-3-5-9(14(18)19)15-13(17)10-8-11(20-16-10)12-6-4-7-21-12/h4,6-9H,2-3,5H2,1H3,(H,15,17)(H,18,19). The van der Waals surface area contributed by atoms with Crippen LogP contribution in [0.2, 0.25) is 0 Å². The molecular formula is C14H16N2O4S. The number of carboxylic acids is 1. The number of carboxylic acid groups (broad SMARTS) is 1. The fourth-order valence-electron chi connectivity index (χ4n) is 1.81. The molecule has 0 aliphatic heterocycles. The highest BCUT2D eigenvalue weighted by Gasteiger charge is 2.22. The van der Waals surface area contributed by atoms with Crippen LogP contribution in [0.1, 0.15) is 36.7 Å². The summed E-state index contributed by atoms with van der Waals surface area (Å²) in [5.41, 5.74) is 0.0844. The predicted molar refractivity (Wildman–Crippen MR) is 78.2 cm³/mol. The van der Waals surface area contributed by atoms with Crippen LogP contribution in [0.15, 0.2) is 28.1 Å². The summed E-state index contributed by atoms with van der Waals surface area (Å²) < 4.78 is 5.11. The Morgan fingerprint density at radius 3 is 2.95 bits per heavy atom. The molecule has 0 spiro atoms. The summed E-state index contributed by atoms with van der Waals surface area (Å²) in [6.07, 6.45) is 2.00. The van der Waals surface area contributed by atoms with Gasteiger partial charge in [-0.1, -0.05) is 31.0 Å². The van der Waals surface area contributed by atoms with Crippen molar-refractivity contribution < 1.29 is 19.2 Å². The first-order chi connectivity index (χ1) is 10.1. The van der Waals surface area contributed by atoms with Crippen LogP contribution in [0, 0.1) is 0 Å². The zero-order chi connectivity index (χ0) is 15.2. The summed E-state index contributed by atoms with van der Waals surface area (Å²) in [6.45, 7) is 1.96. The lowest BCUT2D eigenvalue weighted by molar-refractivity contribution is -0.139. The van der Waals surface area contributed by atoms with Crippen LogP contribution in [-0.4, -0.2) is 28.2 Å². The van der Waals surface area contributed by atoms with Crippen molar-refractivity contribution in [2.45, 2.75) is 32.2 Å². The van der Waals surface area contributed by atoms with Gasteiger partial charge in [-0.3, -0.25) is 4.79 Å². The van der Waals surface area contributed by atoms with E-state index in [-0.39, 0.29) is 5.69 Å². The predicted octanol–water partition coefficient (Wildman–Crippen LogP) is 2.78. The molecule has 0 aliphatic rings. The number of aliphatic carboxylic acids is 1. The number of aromatic nitrogens is 1. The number of rotatable bonds is 7. The number of hydrogen-bond donors (Lipinski definition) is 2. The number of nitrogens with zero attached hydrogens (tertiary/aromatic N) is 1. The van der Waals surface area contributed by atoms with E-state index in [4.69, 9.17) is 9.63 Å². The Kier molecular flexibility index (Phi) is 5.10. The van der Waals surface area contributed by atoms with E-state index < -0.39 is 17.9 Å². The molecule has 2 aromatic rings. The molecule has 0 saturated heterocycles. The van der Waals surface area contributed by atoms with Gasteiger partial charge in [0.1, 0.15) is 6.04 Å². The minimum atomic E-state index is -1.04. The third kappa shape index (κ3) is 3.91. The van der Waals surface area contributed by atoms with E-state index in [0.717, 1.165) is 17.7 Å². The number of amides is 1. The van der Waals surface area contributed by atoms with Crippen molar-refractivity contribution in [2.24, 2.45) is 0 Å². The van der Waals surface area contributed by atoms with E-state index in [9.17, 15) is 9.59 Å². The molecule has 2 rings (SSSR count). The third-order valence-corrected chi connectivity index (χ3v) is 3.84. The van der Waals surface area contributed by atoms with Gasteiger partial charge in [0, 0.05) is 6.07 Å². The van der Waals surface area contributed by atoms with Gasteiger partial charge in [0.25, 0.3) is 5.91 Å². The normalized spacial score (nSPS) is 12.0. The molecule has 0 fully saturated rings. The molecule has 0 aliphatic carbocycles. The number of carbonyl (C=O) groups is 2. The molecule has 0 bridgehead atoms. The second-order valence-corrected chi connectivity index (χ2v) is 5.51. The SMILES string of the molecule is CCCCC(NC(=O)c1cc(-c2cccs2)on1)C(=O)O. The van der Waals surface area contributed by atoms with Crippen LogP contribution < -0.4 is 5.32 Å². The molecule has 6 nitrogen and oxygen atoms in total. The molecular weight excluding hydrogens is 292 g/mol. The van der Waals surface area contributed by atoms with E-state index in [0.29, 0.717) is 12.2 Å². The highest BCUT2D eigenvalue weighted by molar-refractivity contribution is 7.13. The van der Waals surface area contributed by atoms with Crippen molar-refractivity contribution in [1.29, 1.82) is 0 Å². The molecule has 1 amide bonds. The Balaban J connectivity index is 2.04. The molecule has 0 radical (unpaired) electrons. The molecule has 2 heterocycles. The summed E-state index contributed by atoms with van der Waals surface area (Å²) >= 11 is 1.47. The van der Waals surface area contributed by atoms with Crippen molar-refractivity contribution in [2.75, 3.05) is 0 Å². The lowest BCUT2D eigenvalue weighted by atomic mass is 10.1. The van der Waals surface area contributed by atoms with Crippen LogP contribution in [-0.2, 0) is 4.79 Å². The fourth-order valence-corrected chi connectivity index (χ4v) is 2.49. The van der Waals surface area contributed by atoms with E-state index in [1.165, 1.54) is 17.4 Å². The lowest BCUT2D eigenvalue weighted by Crippen LogP contribution is -2.40. The van der Waals surface area contributed by atoms with Crippen molar-refractivity contribution >= 4 is 23.2 Å². The Labute approximate surface area is 125 Å². The van der Waals surface area contributed by atoms with Gasteiger partial charge >= 0.3 is 5.97 Å². The first-order valence-electron chi connectivity index (χ1n) is 6.66. The molecule has 0 aromatic carbocycles. The minimum absolute atomic E-state index is 0.0844. The van der Waals surface area contributed by atoms with Crippen LogP contribution in [0.3, 0.4) is 0 Å². The van der Waals surface area contributed by atoms with E-state index in [1.807, 2.05) is 24.4 Å². The number of nitrogens with one attached hydrogen (secondary N) is 1. The van der Waals surface area contributed by atoms with Crippen molar-refractivity contribution in [1.82, 2.24) is 10.5 Å². The van der Waals surface area contributed by atoms with E-state index >= 15 is 0 Å². The topological polar surface area (TPSA) is 92.4 Å². The largest absolute Gasteiger partial charge is 0.480 e. The second-order valence-electron chi connectivity index (χ2n) is 4.56. The van der Waals surface area contributed by atoms with Crippen molar-refractivity contribution in [3.63, 3.8) is 0 Å². The number of carbonyl (C=O) groups excluding carboxylic acids is 1. The highest BCUT2D eigenvalue weighted by Crippen LogP contribution is 2.25. The molecule has 1 atom stereocenters. The van der Waals surface area contributed by atoms with Gasteiger partial charge in [-0.25, -0.2) is 4.79 Å². The molecule has 112 valence electrons.